The van der Waals surface area contributed by atoms with Crippen LogP contribution in [-0.4, -0.2) is 10.2 Å². The second-order valence-electron chi connectivity index (χ2n) is 3.96. The lowest BCUT2D eigenvalue weighted by atomic mass is 10.2. The molecule has 0 saturated heterocycles. The van der Waals surface area contributed by atoms with E-state index in [0.29, 0.717) is 0 Å². The summed E-state index contributed by atoms with van der Waals surface area (Å²) in [5.74, 6) is 0.0188. The van der Waals surface area contributed by atoms with Gasteiger partial charge in [0.15, 0.2) is 5.75 Å². The molecule has 0 aromatic heterocycles. The summed E-state index contributed by atoms with van der Waals surface area (Å²) in [4.78, 5) is 21.6. The zero-order valence-corrected chi connectivity index (χ0v) is 11.0. The highest BCUT2D eigenvalue weighted by atomic mass is 35.5. The molecule has 0 aliphatic carbocycles. The summed E-state index contributed by atoms with van der Waals surface area (Å²) in [6.07, 6.45) is 0. The maximum atomic E-state index is 11.2. The Bertz CT molecular complexity index is 643. The van der Waals surface area contributed by atoms with Crippen LogP contribution in [0.5, 0.6) is 5.75 Å². The number of nitro groups is 1. The van der Waals surface area contributed by atoms with E-state index in [9.17, 15) is 14.9 Å². The third kappa shape index (κ3) is 3.13. The molecule has 0 aliphatic heterocycles. The van der Waals surface area contributed by atoms with Gasteiger partial charge < -0.3 is 4.74 Å². The molecule has 20 heavy (non-hydrogen) atoms. The molecule has 2 aromatic rings. The molecular formula is C14H10ClNO4. The van der Waals surface area contributed by atoms with Gasteiger partial charge in [-0.25, -0.2) is 0 Å². The zero-order chi connectivity index (χ0) is 14.5. The molecule has 0 N–H and O–H groups in total. The molecule has 0 saturated carbocycles. The summed E-state index contributed by atoms with van der Waals surface area (Å²) in [7, 11) is 0. The quantitative estimate of drug-likeness (QED) is 0.480. The molecular weight excluding hydrogens is 282 g/mol. The fraction of sp³-hybridized carbons (Fsp3) is 0.0714. The minimum atomic E-state index is -0.887. The summed E-state index contributed by atoms with van der Waals surface area (Å²) in [5, 5.41) is 10.2. The number of para-hydroxylation sites is 1. The molecule has 0 fully saturated rings. The number of nitro benzene ring substituents is 1. The van der Waals surface area contributed by atoms with Crippen molar-refractivity contribution in [1.82, 2.24) is 0 Å². The number of carbonyl (C=O) groups is 1. The molecule has 2 rings (SSSR count). The number of rotatable bonds is 5. The second-order valence-corrected chi connectivity index (χ2v) is 4.30. The first-order valence-corrected chi connectivity index (χ1v) is 6.11. The third-order valence-corrected chi connectivity index (χ3v) is 2.83. The van der Waals surface area contributed by atoms with Crippen LogP contribution < -0.4 is 4.74 Å². The van der Waals surface area contributed by atoms with Crippen molar-refractivity contribution < 1.29 is 14.5 Å². The summed E-state index contributed by atoms with van der Waals surface area (Å²) in [6, 6.07) is 13.4. The lowest BCUT2D eigenvalue weighted by Crippen LogP contribution is -2.03. The van der Waals surface area contributed by atoms with Gasteiger partial charge in [0, 0.05) is 0 Å². The third-order valence-electron chi connectivity index (χ3n) is 2.63. The largest absolute Gasteiger partial charge is 0.482 e. The predicted molar refractivity (Wildman–Crippen MR) is 74.1 cm³/mol. The summed E-state index contributed by atoms with van der Waals surface area (Å²) in [6.45, 7) is 0.168. The lowest BCUT2D eigenvalue weighted by molar-refractivity contribution is -0.386. The van der Waals surface area contributed by atoms with Gasteiger partial charge in [-0.1, -0.05) is 36.4 Å². The first kappa shape index (κ1) is 14.0. The summed E-state index contributed by atoms with van der Waals surface area (Å²) < 4.78 is 5.42. The van der Waals surface area contributed by atoms with Crippen molar-refractivity contribution in [3.05, 3.63) is 69.8 Å². The van der Waals surface area contributed by atoms with E-state index in [1.54, 1.807) is 0 Å². The lowest BCUT2D eigenvalue weighted by Gasteiger charge is -2.08. The van der Waals surface area contributed by atoms with Crippen LogP contribution in [0.3, 0.4) is 0 Å². The van der Waals surface area contributed by atoms with Gasteiger partial charge >= 0.3 is 5.69 Å². The highest BCUT2D eigenvalue weighted by Crippen LogP contribution is 2.32. The van der Waals surface area contributed by atoms with E-state index in [1.807, 2.05) is 30.3 Å². The van der Waals surface area contributed by atoms with E-state index in [2.05, 4.69) is 0 Å². The molecule has 0 heterocycles. The Hall–Kier alpha value is -2.40. The van der Waals surface area contributed by atoms with Gasteiger partial charge in [0.2, 0.25) is 0 Å². The van der Waals surface area contributed by atoms with E-state index < -0.39 is 15.9 Å². The minimum Gasteiger partial charge on any atom is -0.482 e. The summed E-state index contributed by atoms with van der Waals surface area (Å²) >= 11 is 5.34. The van der Waals surface area contributed by atoms with Crippen LogP contribution in [-0.2, 0) is 6.61 Å². The molecule has 0 atom stereocenters. The molecule has 0 unspecified atom stereocenters. The molecule has 5 nitrogen and oxygen atoms in total. The molecule has 2 aromatic carbocycles. The van der Waals surface area contributed by atoms with Gasteiger partial charge in [0.25, 0.3) is 5.24 Å². The van der Waals surface area contributed by atoms with Crippen LogP contribution in [0.25, 0.3) is 0 Å². The van der Waals surface area contributed by atoms with Crippen LogP contribution in [0.4, 0.5) is 5.69 Å². The van der Waals surface area contributed by atoms with E-state index >= 15 is 0 Å². The van der Waals surface area contributed by atoms with Crippen molar-refractivity contribution in [1.29, 1.82) is 0 Å². The normalized spacial score (nSPS) is 10.1. The van der Waals surface area contributed by atoms with E-state index in [1.165, 1.54) is 18.2 Å². The molecule has 6 heteroatoms. The number of ether oxygens (including phenoxy) is 1. The molecule has 0 radical (unpaired) electrons. The predicted octanol–water partition coefficient (Wildman–Crippen LogP) is 3.55. The minimum absolute atomic E-state index is 0.0188. The average Bonchev–Trinajstić information content (AvgIpc) is 2.45. The number of benzene rings is 2. The Morgan fingerprint density at radius 2 is 1.85 bits per heavy atom. The molecule has 0 amide bonds. The average molecular weight is 292 g/mol. The van der Waals surface area contributed by atoms with Crippen molar-refractivity contribution in [3.8, 4) is 5.75 Å². The highest BCUT2D eigenvalue weighted by molar-refractivity contribution is 6.68. The van der Waals surface area contributed by atoms with Crippen LogP contribution in [0.15, 0.2) is 48.5 Å². The first-order valence-electron chi connectivity index (χ1n) is 5.73. The number of halogens is 1. The summed E-state index contributed by atoms with van der Waals surface area (Å²) in [5.41, 5.74) is 0.273. The standard InChI is InChI=1S/C14H10ClNO4/c15-14(17)11-7-4-8-12(13(11)16(18)19)20-9-10-5-2-1-3-6-10/h1-8H,9H2. The Labute approximate surface area is 119 Å². The fourth-order valence-corrected chi connectivity index (χ4v) is 1.87. The monoisotopic (exact) mass is 291 g/mol. The molecule has 0 spiro atoms. The van der Waals surface area contributed by atoms with E-state index in [0.717, 1.165) is 5.56 Å². The van der Waals surface area contributed by atoms with Crippen molar-refractivity contribution in [2.75, 3.05) is 0 Å². The van der Waals surface area contributed by atoms with Crippen LogP contribution in [0.2, 0.25) is 0 Å². The first-order chi connectivity index (χ1) is 9.59. The highest BCUT2D eigenvalue weighted by Gasteiger charge is 2.24. The van der Waals surface area contributed by atoms with Crippen LogP contribution in [0, 0.1) is 10.1 Å². The van der Waals surface area contributed by atoms with Crippen LogP contribution in [0.1, 0.15) is 15.9 Å². The molecule has 0 aliphatic rings. The second kappa shape index (κ2) is 6.16. The number of carbonyl (C=O) groups excluding carboxylic acids is 1. The van der Waals surface area contributed by atoms with Gasteiger partial charge in [-0.05, 0) is 29.3 Å². The van der Waals surface area contributed by atoms with Crippen molar-refractivity contribution in [2.24, 2.45) is 0 Å². The van der Waals surface area contributed by atoms with Gasteiger partial charge in [-0.15, -0.1) is 0 Å². The fourth-order valence-electron chi connectivity index (χ4n) is 1.72. The van der Waals surface area contributed by atoms with Crippen LogP contribution >= 0.6 is 11.6 Å². The Morgan fingerprint density at radius 3 is 2.45 bits per heavy atom. The number of hydrogen-bond acceptors (Lipinski definition) is 4. The van der Waals surface area contributed by atoms with Gasteiger partial charge in [-0.2, -0.15) is 0 Å². The maximum absolute atomic E-state index is 11.2. The van der Waals surface area contributed by atoms with Crippen molar-refractivity contribution in [3.63, 3.8) is 0 Å². The van der Waals surface area contributed by atoms with Gasteiger partial charge in [0.05, 0.1) is 4.92 Å². The van der Waals surface area contributed by atoms with E-state index in [-0.39, 0.29) is 17.9 Å². The Balaban J connectivity index is 2.30. The van der Waals surface area contributed by atoms with Gasteiger partial charge in [0.1, 0.15) is 12.2 Å². The number of hydrogen-bond donors (Lipinski definition) is 0. The smallest absolute Gasteiger partial charge is 0.322 e. The van der Waals surface area contributed by atoms with Crippen molar-refractivity contribution >= 4 is 22.5 Å². The number of nitrogens with zero attached hydrogens (tertiary/aromatic N) is 1. The SMILES string of the molecule is O=C(Cl)c1cccc(OCc2ccccc2)c1[N+](=O)[O-]. The Kier molecular flexibility index (Phi) is 4.32. The topological polar surface area (TPSA) is 69.4 Å². The van der Waals surface area contributed by atoms with Crippen molar-refractivity contribution in [2.45, 2.75) is 6.61 Å². The zero-order valence-electron chi connectivity index (χ0n) is 10.3. The van der Waals surface area contributed by atoms with E-state index in [4.69, 9.17) is 16.3 Å². The molecule has 102 valence electrons. The Morgan fingerprint density at radius 1 is 1.15 bits per heavy atom. The maximum Gasteiger partial charge on any atom is 0.322 e. The van der Waals surface area contributed by atoms with Gasteiger partial charge in [-0.3, -0.25) is 14.9 Å². The molecule has 0 bridgehead atoms.